The highest BCUT2D eigenvalue weighted by molar-refractivity contribution is 6.32. The summed E-state index contributed by atoms with van der Waals surface area (Å²) in [4.78, 5) is 47.4. The summed E-state index contributed by atoms with van der Waals surface area (Å²) in [7, 11) is 0. The van der Waals surface area contributed by atoms with E-state index < -0.39 is 62.4 Å². The van der Waals surface area contributed by atoms with E-state index >= 15 is 0 Å². The smallest absolute Gasteiger partial charge is 0.251 e. The van der Waals surface area contributed by atoms with E-state index in [1.54, 1.807) is 36.4 Å². The Hall–Kier alpha value is -5.09. The molecule has 2 aromatic heterocycles. The van der Waals surface area contributed by atoms with Gasteiger partial charge in [-0.3, -0.25) is 25.0 Å². The first kappa shape index (κ1) is 37.8. The fourth-order valence-electron chi connectivity index (χ4n) is 7.70. The minimum atomic E-state index is -0.775. The van der Waals surface area contributed by atoms with E-state index in [0.29, 0.717) is 34.3 Å². The number of ketones is 1. The van der Waals surface area contributed by atoms with Gasteiger partial charge in [0.1, 0.15) is 0 Å². The molecule has 4 aromatic carbocycles. The van der Waals surface area contributed by atoms with Gasteiger partial charge in [-0.1, -0.05) is 35.3 Å². The molecular formula is C41H38Cl2N6O7. The molecule has 288 valence electrons. The number of H-pyrrole nitrogens is 2. The zero-order valence-corrected chi connectivity index (χ0v) is 31.3. The van der Waals surface area contributed by atoms with Crippen LogP contribution in [0.4, 0.5) is 0 Å². The molecule has 0 aliphatic carbocycles. The standard InChI is InChI=1S/C41H38Cl2N6O7/c42-29-5-3-25(33-11-21-9-19(1-7-31(21)48-33)40(55)46-23(15-50)16-51)35-27(29)13-44-37(35)39(54)38-36-26(4-6-30(43)28(36)14-45-38)34-12-22-10-20(2-8-32(22)49-34)41(56)47-24(17-52)18-53/h1-12,23-24,37-38,44-45,48-53H,13-18H2,(H,46,55)(H,47,56). The summed E-state index contributed by atoms with van der Waals surface area (Å²) in [5.41, 5.74) is 8.40. The number of carbonyl (C=O) groups excluding carboxylic acids is 3. The average molecular weight is 798 g/mol. The lowest BCUT2D eigenvalue weighted by Gasteiger charge is -2.21. The Morgan fingerprint density at radius 2 is 1.02 bits per heavy atom. The highest BCUT2D eigenvalue weighted by atomic mass is 35.5. The molecule has 0 spiro atoms. The first-order valence-electron chi connectivity index (χ1n) is 18.1. The van der Waals surface area contributed by atoms with Crippen molar-refractivity contribution in [2.24, 2.45) is 0 Å². The van der Waals surface area contributed by atoms with Crippen LogP contribution in [0.2, 0.25) is 10.0 Å². The summed E-state index contributed by atoms with van der Waals surface area (Å²) >= 11 is 13.5. The lowest BCUT2D eigenvalue weighted by Crippen LogP contribution is -2.40. The normalized spacial score (nSPS) is 16.2. The van der Waals surface area contributed by atoms with Gasteiger partial charge in [0.15, 0.2) is 5.78 Å². The van der Waals surface area contributed by atoms with Gasteiger partial charge in [0.2, 0.25) is 0 Å². The third-order valence-corrected chi connectivity index (χ3v) is 11.3. The summed E-state index contributed by atoms with van der Waals surface area (Å²) in [5, 5.41) is 52.2. The number of rotatable bonds is 12. The average Bonchev–Trinajstić information content (AvgIpc) is 4.03. The van der Waals surface area contributed by atoms with Gasteiger partial charge in [-0.15, -0.1) is 0 Å². The molecule has 4 heterocycles. The number of amides is 2. The Bertz CT molecular complexity index is 2350. The number of hydrogen-bond donors (Lipinski definition) is 10. The number of halogens is 2. The first-order valence-corrected chi connectivity index (χ1v) is 18.8. The third kappa shape index (κ3) is 6.76. The maximum Gasteiger partial charge on any atom is 0.251 e. The van der Waals surface area contributed by atoms with E-state index in [-0.39, 0.29) is 5.78 Å². The van der Waals surface area contributed by atoms with Crippen LogP contribution in [0.5, 0.6) is 0 Å². The summed E-state index contributed by atoms with van der Waals surface area (Å²) in [6, 6.07) is 18.5. The van der Waals surface area contributed by atoms with Gasteiger partial charge >= 0.3 is 0 Å². The molecule has 6 aromatic rings. The van der Waals surface area contributed by atoms with Crippen molar-refractivity contribution in [2.75, 3.05) is 26.4 Å². The molecule has 10 N–H and O–H groups in total. The van der Waals surface area contributed by atoms with Gasteiger partial charge in [0.25, 0.3) is 11.8 Å². The molecule has 2 aliphatic heterocycles. The lowest BCUT2D eigenvalue weighted by molar-refractivity contribution is -0.123. The van der Waals surface area contributed by atoms with Gasteiger partial charge in [-0.2, -0.15) is 0 Å². The van der Waals surface area contributed by atoms with Crippen LogP contribution in [-0.2, 0) is 17.9 Å². The molecule has 2 aliphatic rings. The van der Waals surface area contributed by atoms with E-state index in [1.165, 1.54) is 0 Å². The molecule has 2 unspecified atom stereocenters. The number of aromatic amines is 2. The maximum atomic E-state index is 14.8. The van der Waals surface area contributed by atoms with Crippen molar-refractivity contribution in [3.8, 4) is 22.5 Å². The Balaban J connectivity index is 1.12. The number of fused-ring (bicyclic) bond motifs is 4. The number of carbonyl (C=O) groups is 3. The van der Waals surface area contributed by atoms with E-state index in [4.69, 9.17) is 23.2 Å². The Morgan fingerprint density at radius 3 is 1.41 bits per heavy atom. The molecule has 8 rings (SSSR count). The van der Waals surface area contributed by atoms with Crippen molar-refractivity contribution in [1.82, 2.24) is 31.2 Å². The fourth-order valence-corrected chi connectivity index (χ4v) is 8.17. The lowest BCUT2D eigenvalue weighted by atomic mass is 9.87. The number of benzene rings is 4. The number of aliphatic hydroxyl groups is 4. The van der Waals surface area contributed by atoms with Crippen LogP contribution in [0.1, 0.15) is 55.1 Å². The number of hydrogen-bond acceptors (Lipinski definition) is 9. The molecule has 0 saturated carbocycles. The maximum absolute atomic E-state index is 14.8. The second-order valence-corrected chi connectivity index (χ2v) is 14.9. The van der Waals surface area contributed by atoms with E-state index in [9.17, 15) is 34.8 Å². The largest absolute Gasteiger partial charge is 0.394 e. The molecule has 0 bridgehead atoms. The quantitative estimate of drug-likeness (QED) is 0.0866. The molecule has 2 amide bonds. The monoisotopic (exact) mass is 796 g/mol. The zero-order valence-electron chi connectivity index (χ0n) is 29.7. The van der Waals surface area contributed by atoms with Crippen molar-refractivity contribution in [3.63, 3.8) is 0 Å². The molecule has 13 nitrogen and oxygen atoms in total. The van der Waals surface area contributed by atoms with Crippen LogP contribution in [0.25, 0.3) is 44.3 Å². The van der Waals surface area contributed by atoms with Gasteiger partial charge in [0, 0.05) is 78.6 Å². The van der Waals surface area contributed by atoms with Crippen molar-refractivity contribution in [3.05, 3.63) is 116 Å². The van der Waals surface area contributed by atoms with Crippen LogP contribution in [0.15, 0.2) is 72.8 Å². The topological polar surface area (TPSA) is 212 Å². The predicted octanol–water partition coefficient (Wildman–Crippen LogP) is 4.01. The summed E-state index contributed by atoms with van der Waals surface area (Å²) in [6.07, 6.45) is 0. The van der Waals surface area contributed by atoms with Gasteiger partial charge in [0.05, 0.1) is 50.6 Å². The van der Waals surface area contributed by atoms with Crippen LogP contribution in [0.3, 0.4) is 0 Å². The SMILES string of the molecule is O=C(NC(CO)CO)c1ccc2[nH]c(-c3ccc(Cl)c4c3C(C(=O)C3NCc5c(Cl)ccc(-c6cc7cc(C(=O)NC(CO)CO)ccc7[nH]6)c53)NC4)cc2c1. The van der Waals surface area contributed by atoms with Crippen molar-refractivity contribution >= 4 is 62.6 Å². The van der Waals surface area contributed by atoms with Crippen molar-refractivity contribution in [2.45, 2.75) is 37.3 Å². The van der Waals surface area contributed by atoms with Crippen LogP contribution in [-0.4, -0.2) is 86.5 Å². The Kier molecular flexibility index (Phi) is 10.4. The molecule has 0 fully saturated rings. The Labute approximate surface area is 330 Å². The summed E-state index contributed by atoms with van der Waals surface area (Å²) in [5.74, 6) is -0.974. The Morgan fingerprint density at radius 1 is 0.607 bits per heavy atom. The number of nitrogens with one attached hydrogen (secondary N) is 6. The van der Waals surface area contributed by atoms with Gasteiger partial charge in [-0.25, -0.2) is 0 Å². The molecule has 2 atom stereocenters. The predicted molar refractivity (Wildman–Crippen MR) is 213 cm³/mol. The number of Topliss-reactive ketones (excluding diaryl/α,β-unsaturated/α-hetero) is 1. The fraction of sp³-hybridized carbons (Fsp3) is 0.244. The van der Waals surface area contributed by atoms with Crippen molar-refractivity contribution < 1.29 is 34.8 Å². The number of aromatic nitrogens is 2. The minimum absolute atomic E-state index is 0.121. The highest BCUT2D eigenvalue weighted by Crippen LogP contribution is 2.45. The molecule has 15 heteroatoms. The summed E-state index contributed by atoms with van der Waals surface area (Å²) < 4.78 is 0. The molecular weight excluding hydrogens is 759 g/mol. The van der Waals surface area contributed by atoms with Crippen LogP contribution >= 0.6 is 23.2 Å². The second-order valence-electron chi connectivity index (χ2n) is 14.0. The van der Waals surface area contributed by atoms with Gasteiger partial charge in [-0.05, 0) is 82.9 Å². The van der Waals surface area contributed by atoms with Gasteiger partial charge < -0.3 is 41.0 Å². The zero-order chi connectivity index (χ0) is 39.2. The minimum Gasteiger partial charge on any atom is -0.394 e. The second kappa shape index (κ2) is 15.4. The van der Waals surface area contributed by atoms with Crippen LogP contribution < -0.4 is 21.3 Å². The molecule has 0 saturated heterocycles. The number of aliphatic hydroxyl groups excluding tert-OH is 4. The highest BCUT2D eigenvalue weighted by Gasteiger charge is 2.41. The van der Waals surface area contributed by atoms with Crippen molar-refractivity contribution in [1.29, 1.82) is 0 Å². The van der Waals surface area contributed by atoms with E-state index in [2.05, 4.69) is 31.2 Å². The summed E-state index contributed by atoms with van der Waals surface area (Å²) in [6.45, 7) is -0.825. The third-order valence-electron chi connectivity index (χ3n) is 10.6. The van der Waals surface area contributed by atoms with E-state index in [1.807, 2.05) is 36.4 Å². The van der Waals surface area contributed by atoms with Crippen LogP contribution in [0, 0.1) is 0 Å². The molecule has 56 heavy (non-hydrogen) atoms. The molecule has 0 radical (unpaired) electrons. The first-order chi connectivity index (χ1) is 27.1. The van der Waals surface area contributed by atoms with E-state index in [0.717, 1.165) is 66.6 Å².